The Labute approximate surface area is 205 Å². The second kappa shape index (κ2) is 25.4. The van der Waals surface area contributed by atoms with Crippen LogP contribution >= 0.6 is 0 Å². The Hall–Kier alpha value is -0.260. The van der Waals surface area contributed by atoms with Crippen molar-refractivity contribution in [3.8, 4) is 0 Å². The maximum atomic E-state index is 4.01. The van der Waals surface area contributed by atoms with Crippen LogP contribution in [0.15, 0.2) is 12.2 Å². The van der Waals surface area contributed by atoms with Gasteiger partial charge in [0.2, 0.25) is 0 Å². The molecule has 0 aromatic rings. The van der Waals surface area contributed by atoms with Gasteiger partial charge in [0.05, 0.1) is 0 Å². The average molecular weight is 449 g/mol. The molecular weight excluding hydrogens is 384 g/mol. The van der Waals surface area contributed by atoms with E-state index >= 15 is 0 Å². The van der Waals surface area contributed by atoms with Crippen molar-refractivity contribution in [3.63, 3.8) is 0 Å². The first-order valence-electron chi connectivity index (χ1n) is 15.2. The van der Waals surface area contributed by atoms with E-state index in [9.17, 15) is 0 Å². The van der Waals surface area contributed by atoms with Gasteiger partial charge in [0.15, 0.2) is 0 Å². The van der Waals surface area contributed by atoms with Crippen LogP contribution < -0.4 is 0 Å². The highest BCUT2D eigenvalue weighted by Gasteiger charge is 2.05. The predicted octanol–water partition coefficient (Wildman–Crippen LogP) is 12.2. The molecule has 0 fully saturated rings. The standard InChI is InChI=1S/C32H64/c1-6-7-8-9-10-11-12-13-14-15-16-17-21-26-31(4)28-23-19-24-29-32(5)27-22-18-20-25-30(2)3/h31-32H,2,6-29H2,1,3-5H3. The van der Waals surface area contributed by atoms with Crippen molar-refractivity contribution in [2.75, 3.05) is 0 Å². The number of unbranched alkanes of at least 4 members (excludes halogenated alkanes) is 16. The van der Waals surface area contributed by atoms with Crippen molar-refractivity contribution < 1.29 is 0 Å². The largest absolute Gasteiger partial charge is 0.100 e. The zero-order chi connectivity index (χ0) is 23.7. The quantitative estimate of drug-likeness (QED) is 0.0911. The maximum absolute atomic E-state index is 4.01. The molecule has 2 atom stereocenters. The summed E-state index contributed by atoms with van der Waals surface area (Å²) in [4.78, 5) is 0. The van der Waals surface area contributed by atoms with E-state index in [0.29, 0.717) is 0 Å². The highest BCUT2D eigenvalue weighted by molar-refractivity contribution is 4.87. The first-order chi connectivity index (χ1) is 15.6. The molecule has 0 radical (unpaired) electrons. The third-order valence-electron chi connectivity index (χ3n) is 7.49. The molecule has 0 amide bonds. The van der Waals surface area contributed by atoms with Gasteiger partial charge >= 0.3 is 0 Å². The summed E-state index contributed by atoms with van der Waals surface area (Å²) in [7, 11) is 0. The van der Waals surface area contributed by atoms with E-state index in [1.807, 2.05) is 0 Å². The second-order valence-corrected chi connectivity index (χ2v) is 11.4. The van der Waals surface area contributed by atoms with E-state index < -0.39 is 0 Å². The molecule has 0 rings (SSSR count). The number of rotatable bonds is 26. The number of hydrogen-bond acceptors (Lipinski definition) is 0. The van der Waals surface area contributed by atoms with Gasteiger partial charge in [-0.05, 0) is 31.6 Å². The highest BCUT2D eigenvalue weighted by Crippen LogP contribution is 2.21. The molecule has 0 heterocycles. The summed E-state index contributed by atoms with van der Waals surface area (Å²) in [5.74, 6) is 1.89. The molecule has 2 unspecified atom stereocenters. The fraction of sp³-hybridized carbons (Fsp3) is 0.938. The molecule has 0 heteroatoms. The van der Waals surface area contributed by atoms with Gasteiger partial charge in [0.1, 0.15) is 0 Å². The molecule has 0 aliphatic rings. The van der Waals surface area contributed by atoms with Gasteiger partial charge in [-0.1, -0.05) is 168 Å². The lowest BCUT2D eigenvalue weighted by atomic mass is 9.93. The monoisotopic (exact) mass is 449 g/mol. The van der Waals surface area contributed by atoms with Gasteiger partial charge in [0, 0.05) is 0 Å². The lowest BCUT2D eigenvalue weighted by Gasteiger charge is -2.13. The van der Waals surface area contributed by atoms with Gasteiger partial charge in [-0.25, -0.2) is 0 Å². The fourth-order valence-corrected chi connectivity index (χ4v) is 5.06. The maximum Gasteiger partial charge on any atom is -0.0326 e. The van der Waals surface area contributed by atoms with Crippen molar-refractivity contribution in [3.05, 3.63) is 12.2 Å². The minimum absolute atomic E-state index is 0.933. The van der Waals surface area contributed by atoms with Crippen molar-refractivity contribution >= 4 is 0 Å². The van der Waals surface area contributed by atoms with E-state index in [1.165, 1.54) is 160 Å². The highest BCUT2D eigenvalue weighted by atomic mass is 14.1. The Morgan fingerprint density at radius 3 is 1.09 bits per heavy atom. The molecule has 0 aromatic carbocycles. The molecule has 0 aliphatic heterocycles. The Morgan fingerprint density at radius 2 is 0.750 bits per heavy atom. The first kappa shape index (κ1) is 31.7. The minimum atomic E-state index is 0.933. The van der Waals surface area contributed by atoms with Crippen LogP contribution in [0.25, 0.3) is 0 Å². The molecule has 32 heavy (non-hydrogen) atoms. The lowest BCUT2D eigenvalue weighted by Crippen LogP contribution is -1.97. The third kappa shape index (κ3) is 26.0. The predicted molar refractivity (Wildman–Crippen MR) is 150 cm³/mol. The van der Waals surface area contributed by atoms with E-state index in [1.54, 1.807) is 0 Å². The van der Waals surface area contributed by atoms with Gasteiger partial charge in [-0.3, -0.25) is 0 Å². The molecule has 0 bridgehead atoms. The Kier molecular flexibility index (Phi) is 25.2. The zero-order valence-corrected chi connectivity index (χ0v) is 23.3. The van der Waals surface area contributed by atoms with E-state index in [-0.39, 0.29) is 0 Å². The summed E-state index contributed by atoms with van der Waals surface area (Å²) in [6.45, 7) is 13.4. The smallest absolute Gasteiger partial charge is 0.0326 e. The third-order valence-corrected chi connectivity index (χ3v) is 7.49. The number of hydrogen-bond donors (Lipinski definition) is 0. The molecular formula is C32H64. The van der Waals surface area contributed by atoms with Gasteiger partial charge < -0.3 is 0 Å². The summed E-state index contributed by atoms with van der Waals surface area (Å²) in [6.07, 6.45) is 34.7. The molecule has 0 aromatic heterocycles. The fourth-order valence-electron chi connectivity index (χ4n) is 5.06. The van der Waals surface area contributed by atoms with Crippen molar-refractivity contribution in [2.45, 2.75) is 182 Å². The second-order valence-electron chi connectivity index (χ2n) is 11.4. The van der Waals surface area contributed by atoms with Crippen LogP contribution in [-0.2, 0) is 0 Å². The van der Waals surface area contributed by atoms with E-state index in [2.05, 4.69) is 34.3 Å². The summed E-state index contributed by atoms with van der Waals surface area (Å²) < 4.78 is 0. The molecule has 0 saturated carbocycles. The molecule has 0 nitrogen and oxygen atoms in total. The van der Waals surface area contributed by atoms with Gasteiger partial charge in [-0.2, -0.15) is 0 Å². The summed E-state index contributed by atoms with van der Waals surface area (Å²) in [5, 5.41) is 0. The summed E-state index contributed by atoms with van der Waals surface area (Å²) in [5.41, 5.74) is 1.35. The van der Waals surface area contributed by atoms with Crippen LogP contribution in [0.1, 0.15) is 182 Å². The molecule has 192 valence electrons. The molecule has 0 N–H and O–H groups in total. The normalized spacial score (nSPS) is 13.4. The minimum Gasteiger partial charge on any atom is -0.100 e. The van der Waals surface area contributed by atoms with Crippen LogP contribution in [0.2, 0.25) is 0 Å². The Balaban J connectivity index is 3.26. The van der Waals surface area contributed by atoms with Crippen LogP contribution in [0, 0.1) is 11.8 Å². The topological polar surface area (TPSA) is 0 Å². The lowest BCUT2D eigenvalue weighted by molar-refractivity contribution is 0.408. The van der Waals surface area contributed by atoms with Crippen LogP contribution in [0.5, 0.6) is 0 Å². The average Bonchev–Trinajstić information content (AvgIpc) is 2.76. The van der Waals surface area contributed by atoms with Crippen LogP contribution in [0.4, 0.5) is 0 Å². The molecule has 0 aliphatic carbocycles. The van der Waals surface area contributed by atoms with Gasteiger partial charge in [-0.15, -0.1) is 6.58 Å². The van der Waals surface area contributed by atoms with Crippen molar-refractivity contribution in [1.82, 2.24) is 0 Å². The summed E-state index contributed by atoms with van der Waals surface area (Å²) >= 11 is 0. The van der Waals surface area contributed by atoms with Crippen molar-refractivity contribution in [1.29, 1.82) is 0 Å². The van der Waals surface area contributed by atoms with E-state index in [4.69, 9.17) is 0 Å². The van der Waals surface area contributed by atoms with Gasteiger partial charge in [0.25, 0.3) is 0 Å². The summed E-state index contributed by atoms with van der Waals surface area (Å²) in [6, 6.07) is 0. The first-order valence-corrected chi connectivity index (χ1v) is 15.2. The number of allylic oxidation sites excluding steroid dienone is 1. The molecule has 0 spiro atoms. The Morgan fingerprint density at radius 1 is 0.469 bits per heavy atom. The zero-order valence-electron chi connectivity index (χ0n) is 23.3. The van der Waals surface area contributed by atoms with Crippen LogP contribution in [0.3, 0.4) is 0 Å². The molecule has 0 saturated heterocycles. The van der Waals surface area contributed by atoms with Crippen molar-refractivity contribution in [2.24, 2.45) is 11.8 Å². The SMILES string of the molecule is C=C(C)CCCCCC(C)CCCCCC(C)CCCCCCCCCCCCCCC. The van der Waals surface area contributed by atoms with Crippen LogP contribution in [-0.4, -0.2) is 0 Å². The Bertz CT molecular complexity index is 368. The van der Waals surface area contributed by atoms with E-state index in [0.717, 1.165) is 11.8 Å².